The largest absolute Gasteiger partial charge is 0.356 e. The van der Waals surface area contributed by atoms with E-state index in [1.54, 1.807) is 14.2 Å². The molecule has 2 N–H and O–H groups in total. The third-order valence-electron chi connectivity index (χ3n) is 5.89. The van der Waals surface area contributed by atoms with Gasteiger partial charge in [-0.25, -0.2) is 0 Å². The van der Waals surface area contributed by atoms with Crippen LogP contribution in [0, 0.1) is 17.8 Å². The minimum atomic E-state index is -0.175. The molecule has 0 aliphatic heterocycles. The summed E-state index contributed by atoms with van der Waals surface area (Å²) >= 11 is 0. The first-order chi connectivity index (χ1) is 9.52. The fraction of sp³-hybridized carbons (Fsp3) is 1.00. The van der Waals surface area contributed by atoms with Gasteiger partial charge in [0, 0.05) is 39.3 Å². The maximum atomic E-state index is 6.06. The van der Waals surface area contributed by atoms with Gasteiger partial charge in [0.2, 0.25) is 0 Å². The van der Waals surface area contributed by atoms with Crippen LogP contribution in [-0.2, 0) is 9.47 Å². The van der Waals surface area contributed by atoms with Crippen LogP contribution in [-0.4, -0.2) is 51.1 Å². The molecule has 0 radical (unpaired) electrons. The molecule has 0 spiro atoms. The number of nitrogens with zero attached hydrogens (tertiary/aromatic N) is 1. The molecule has 2 rings (SSSR count). The lowest BCUT2D eigenvalue weighted by molar-refractivity contribution is -0.127. The molecule has 118 valence electrons. The van der Waals surface area contributed by atoms with E-state index in [2.05, 4.69) is 18.9 Å². The van der Waals surface area contributed by atoms with Gasteiger partial charge in [-0.05, 0) is 51.0 Å². The summed E-state index contributed by atoms with van der Waals surface area (Å²) in [5.41, 5.74) is 6.01. The molecule has 4 heteroatoms. The van der Waals surface area contributed by atoms with Gasteiger partial charge in [0.1, 0.15) is 0 Å². The van der Waals surface area contributed by atoms with Crippen molar-refractivity contribution in [2.75, 3.05) is 34.4 Å². The third-order valence-corrected chi connectivity index (χ3v) is 5.89. The Labute approximate surface area is 124 Å². The van der Waals surface area contributed by atoms with Crippen molar-refractivity contribution in [3.8, 4) is 0 Å². The van der Waals surface area contributed by atoms with E-state index < -0.39 is 0 Å². The Hall–Kier alpha value is -0.160. The van der Waals surface area contributed by atoms with Crippen LogP contribution in [0.4, 0.5) is 0 Å². The quantitative estimate of drug-likeness (QED) is 0.693. The Morgan fingerprint density at radius 3 is 2.40 bits per heavy atom. The number of methoxy groups -OCH3 is 2. The van der Waals surface area contributed by atoms with E-state index in [0.29, 0.717) is 6.54 Å². The first-order valence-corrected chi connectivity index (χ1v) is 7.99. The highest BCUT2D eigenvalue weighted by Crippen LogP contribution is 2.48. The number of ether oxygens (including phenoxy) is 2. The van der Waals surface area contributed by atoms with Crippen molar-refractivity contribution in [3.63, 3.8) is 0 Å². The molecule has 4 atom stereocenters. The Bertz CT molecular complexity index is 309. The van der Waals surface area contributed by atoms with Crippen molar-refractivity contribution in [2.24, 2.45) is 23.5 Å². The van der Waals surface area contributed by atoms with Crippen LogP contribution in [0.5, 0.6) is 0 Å². The molecular formula is C16H32N2O2. The van der Waals surface area contributed by atoms with Gasteiger partial charge >= 0.3 is 0 Å². The van der Waals surface area contributed by atoms with Gasteiger partial charge in [-0.1, -0.05) is 6.42 Å². The molecule has 4 nitrogen and oxygen atoms in total. The van der Waals surface area contributed by atoms with Crippen molar-refractivity contribution >= 4 is 0 Å². The first-order valence-electron chi connectivity index (χ1n) is 7.99. The van der Waals surface area contributed by atoms with Gasteiger partial charge in [0.05, 0.1) is 0 Å². The van der Waals surface area contributed by atoms with Crippen LogP contribution in [0.15, 0.2) is 0 Å². The van der Waals surface area contributed by atoms with Crippen LogP contribution in [0.25, 0.3) is 0 Å². The average Bonchev–Trinajstić information content (AvgIpc) is 3.06. The minimum Gasteiger partial charge on any atom is -0.356 e. The number of hydrogen-bond acceptors (Lipinski definition) is 4. The zero-order valence-electron chi connectivity index (χ0n) is 13.6. The van der Waals surface area contributed by atoms with E-state index in [1.807, 2.05) is 0 Å². The van der Waals surface area contributed by atoms with E-state index in [0.717, 1.165) is 30.7 Å². The van der Waals surface area contributed by atoms with Crippen molar-refractivity contribution < 1.29 is 9.47 Å². The Kier molecular flexibility index (Phi) is 5.46. The van der Waals surface area contributed by atoms with Crippen LogP contribution in [0.3, 0.4) is 0 Å². The fourth-order valence-corrected chi connectivity index (χ4v) is 4.19. The highest BCUT2D eigenvalue weighted by Gasteiger charge is 2.41. The Balaban J connectivity index is 1.92. The summed E-state index contributed by atoms with van der Waals surface area (Å²) in [4.78, 5) is 2.45. The predicted octanol–water partition coefficient (Wildman–Crippen LogP) is 2.08. The highest BCUT2D eigenvalue weighted by atomic mass is 16.7. The molecule has 4 unspecified atom stereocenters. The summed E-state index contributed by atoms with van der Waals surface area (Å²) in [6, 6.07) is 0. The lowest BCUT2D eigenvalue weighted by atomic mass is 9.86. The molecule has 2 aliphatic carbocycles. The van der Waals surface area contributed by atoms with Crippen LogP contribution >= 0.6 is 0 Å². The smallest absolute Gasteiger partial charge is 0.158 e. The molecule has 2 fully saturated rings. The molecule has 0 aromatic heterocycles. The second-order valence-electron chi connectivity index (χ2n) is 7.12. The molecule has 20 heavy (non-hydrogen) atoms. The zero-order chi connectivity index (χ0) is 14.8. The molecule has 2 bridgehead atoms. The van der Waals surface area contributed by atoms with Gasteiger partial charge in [0.15, 0.2) is 6.29 Å². The van der Waals surface area contributed by atoms with Crippen molar-refractivity contribution in [1.29, 1.82) is 0 Å². The summed E-state index contributed by atoms with van der Waals surface area (Å²) in [6.07, 6.45) is 6.44. The topological polar surface area (TPSA) is 47.7 Å². The van der Waals surface area contributed by atoms with Crippen LogP contribution in [0.1, 0.15) is 39.0 Å². The van der Waals surface area contributed by atoms with E-state index in [-0.39, 0.29) is 11.8 Å². The van der Waals surface area contributed by atoms with Crippen molar-refractivity contribution in [2.45, 2.75) is 50.9 Å². The Morgan fingerprint density at radius 2 is 1.95 bits per heavy atom. The van der Waals surface area contributed by atoms with Gasteiger partial charge in [-0.15, -0.1) is 0 Å². The summed E-state index contributed by atoms with van der Waals surface area (Å²) in [7, 11) is 5.60. The second kappa shape index (κ2) is 6.73. The Morgan fingerprint density at radius 1 is 1.25 bits per heavy atom. The number of nitrogens with two attached hydrogens (primary N) is 1. The first kappa shape index (κ1) is 16.2. The molecule has 0 heterocycles. The van der Waals surface area contributed by atoms with E-state index >= 15 is 0 Å². The molecule has 0 saturated heterocycles. The predicted molar refractivity (Wildman–Crippen MR) is 81.5 cm³/mol. The maximum Gasteiger partial charge on any atom is 0.158 e. The van der Waals surface area contributed by atoms with Gasteiger partial charge in [-0.3, -0.25) is 4.90 Å². The normalized spacial score (nSPS) is 32.2. The molecule has 2 aliphatic rings. The molecule has 2 saturated carbocycles. The third kappa shape index (κ3) is 3.35. The maximum absolute atomic E-state index is 6.06. The van der Waals surface area contributed by atoms with Gasteiger partial charge in [-0.2, -0.15) is 0 Å². The summed E-state index contributed by atoms with van der Waals surface area (Å²) in [5, 5.41) is 0. The lowest BCUT2D eigenvalue weighted by Gasteiger charge is -2.42. The molecule has 0 aromatic carbocycles. The van der Waals surface area contributed by atoms with E-state index in [4.69, 9.17) is 15.2 Å². The van der Waals surface area contributed by atoms with E-state index in [1.165, 1.54) is 25.7 Å². The SMILES string of the molecule is COC(CC(C)(CN)N(C)CC1CC2CCC1C2)OC. The standard InChI is InChI=1S/C16H32N2O2/c1-16(11-17,9-15(19-3)20-4)18(2)10-14-8-12-5-6-13(14)7-12/h12-15H,5-11,17H2,1-4H3. The lowest BCUT2D eigenvalue weighted by Crippen LogP contribution is -2.53. The number of likely N-dealkylation sites (N-methyl/N-ethyl adjacent to an activating group) is 1. The van der Waals surface area contributed by atoms with Crippen LogP contribution in [0.2, 0.25) is 0 Å². The average molecular weight is 284 g/mol. The molecule has 0 aromatic rings. The van der Waals surface area contributed by atoms with Gasteiger partial charge < -0.3 is 15.2 Å². The highest BCUT2D eigenvalue weighted by molar-refractivity contribution is 4.94. The second-order valence-corrected chi connectivity index (χ2v) is 7.12. The summed E-state index contributed by atoms with van der Waals surface area (Å²) in [5.74, 6) is 2.84. The monoisotopic (exact) mass is 284 g/mol. The van der Waals surface area contributed by atoms with Crippen molar-refractivity contribution in [3.05, 3.63) is 0 Å². The fourth-order valence-electron chi connectivity index (χ4n) is 4.19. The van der Waals surface area contributed by atoms with Crippen molar-refractivity contribution in [1.82, 2.24) is 4.90 Å². The van der Waals surface area contributed by atoms with E-state index in [9.17, 15) is 0 Å². The van der Waals surface area contributed by atoms with Crippen LogP contribution < -0.4 is 5.73 Å². The number of rotatable bonds is 8. The summed E-state index contributed by atoms with van der Waals surface area (Å²) < 4.78 is 10.7. The zero-order valence-corrected chi connectivity index (χ0v) is 13.6. The summed E-state index contributed by atoms with van der Waals surface area (Å²) in [6.45, 7) is 4.02. The minimum absolute atomic E-state index is 0.0570. The molecular weight excluding hydrogens is 252 g/mol. The molecule has 0 amide bonds. The van der Waals surface area contributed by atoms with Gasteiger partial charge in [0.25, 0.3) is 0 Å². The number of fused-ring (bicyclic) bond motifs is 2. The number of hydrogen-bond donors (Lipinski definition) is 1.